The molecule has 0 aliphatic carbocycles. The summed E-state index contributed by atoms with van der Waals surface area (Å²) in [5.41, 5.74) is 0. The number of aromatic nitrogens is 1. The van der Waals surface area contributed by atoms with Crippen LogP contribution in [0.25, 0.3) is 0 Å². The van der Waals surface area contributed by atoms with E-state index in [9.17, 15) is 79.4 Å². The highest BCUT2D eigenvalue weighted by atomic mass is 32.1. The second kappa shape index (κ2) is 7.72. The van der Waals surface area contributed by atoms with Gasteiger partial charge in [-0.3, -0.25) is 10.1 Å². The molecule has 1 heterocycles. The van der Waals surface area contributed by atoms with Gasteiger partial charge in [0.25, 0.3) is 0 Å². The van der Waals surface area contributed by atoms with Gasteiger partial charge in [-0.05, 0) is 0 Å². The molecule has 192 valence electrons. The number of carbonyl (C=O) groups is 1. The Kier molecular flexibility index (Phi) is 6.77. The summed E-state index contributed by atoms with van der Waals surface area (Å²) in [5, 5.41) is 0.430. The van der Waals surface area contributed by atoms with Crippen LogP contribution in [0.5, 0.6) is 0 Å². The third-order valence-corrected chi connectivity index (χ3v) is 4.35. The zero-order valence-corrected chi connectivity index (χ0v) is 15.2. The van der Waals surface area contributed by atoms with E-state index in [1.807, 2.05) is 0 Å². The van der Waals surface area contributed by atoms with E-state index in [2.05, 4.69) is 4.98 Å². The zero-order chi connectivity index (χ0) is 26.7. The van der Waals surface area contributed by atoms with Crippen LogP contribution >= 0.6 is 11.3 Å². The molecule has 0 radical (unpaired) electrons. The fourth-order valence-electron chi connectivity index (χ4n) is 1.77. The van der Waals surface area contributed by atoms with Crippen LogP contribution in [0.4, 0.5) is 79.8 Å². The molecule has 0 fully saturated rings. The van der Waals surface area contributed by atoms with Crippen molar-refractivity contribution in [3.8, 4) is 0 Å². The molecule has 21 heteroatoms. The highest BCUT2D eigenvalue weighted by Crippen LogP contribution is 2.63. The summed E-state index contributed by atoms with van der Waals surface area (Å²) in [5.74, 6) is -61.7. The van der Waals surface area contributed by atoms with E-state index in [1.54, 1.807) is 0 Å². The van der Waals surface area contributed by atoms with E-state index in [4.69, 9.17) is 0 Å². The largest absolute Gasteiger partial charge is 0.460 e. The second-order valence-electron chi connectivity index (χ2n) is 5.81. The Morgan fingerprint density at radius 2 is 1.00 bits per heavy atom. The first-order valence-electron chi connectivity index (χ1n) is 7.17. The van der Waals surface area contributed by atoms with Gasteiger partial charge in [0.2, 0.25) is 0 Å². The minimum Gasteiger partial charge on any atom is -0.296 e. The number of carbonyl (C=O) groups excluding carboxylic acids is 1. The van der Waals surface area contributed by atoms with Gasteiger partial charge in [0.05, 0.1) is 0 Å². The van der Waals surface area contributed by atoms with E-state index in [-0.39, 0.29) is 11.3 Å². The third-order valence-electron chi connectivity index (χ3n) is 3.66. The van der Waals surface area contributed by atoms with Gasteiger partial charge in [-0.15, -0.1) is 11.3 Å². The van der Waals surface area contributed by atoms with Gasteiger partial charge >= 0.3 is 53.5 Å². The summed E-state index contributed by atoms with van der Waals surface area (Å²) >= 11 is 0.138. The standard InChI is InChI=1S/C12H3F17N2OS/c13-5(14,3(32)31-4-30-1-2-33-4)6(15,16)7(17,18)8(19,20)9(21,22)10(23,24)11(25,26)12(27,28)29/h1-2H,(H,30,31,32). The van der Waals surface area contributed by atoms with Crippen molar-refractivity contribution in [2.75, 3.05) is 5.32 Å². The number of amides is 1. The van der Waals surface area contributed by atoms with Crippen molar-refractivity contribution >= 4 is 22.4 Å². The molecule has 0 saturated heterocycles. The third kappa shape index (κ3) is 3.84. The first-order chi connectivity index (χ1) is 14.2. The van der Waals surface area contributed by atoms with Crippen LogP contribution in [-0.2, 0) is 4.79 Å². The maximum atomic E-state index is 13.6. The van der Waals surface area contributed by atoms with E-state index in [0.29, 0.717) is 11.5 Å². The van der Waals surface area contributed by atoms with E-state index < -0.39 is 58.7 Å². The number of thiazole rings is 1. The van der Waals surface area contributed by atoms with Crippen LogP contribution in [0.2, 0.25) is 0 Å². The molecule has 1 aromatic heterocycles. The van der Waals surface area contributed by atoms with Crippen LogP contribution in [0.3, 0.4) is 0 Å². The summed E-state index contributed by atoms with van der Waals surface area (Å²) in [6.07, 6.45) is -7.14. The zero-order valence-electron chi connectivity index (χ0n) is 14.3. The smallest absolute Gasteiger partial charge is 0.296 e. The van der Waals surface area contributed by atoms with Gasteiger partial charge in [-0.25, -0.2) is 4.98 Å². The van der Waals surface area contributed by atoms with Gasteiger partial charge < -0.3 is 0 Å². The molecule has 33 heavy (non-hydrogen) atoms. The number of hydrogen-bond donors (Lipinski definition) is 1. The van der Waals surface area contributed by atoms with Crippen LogP contribution < -0.4 is 5.32 Å². The van der Waals surface area contributed by atoms with Gasteiger partial charge in [0, 0.05) is 11.6 Å². The van der Waals surface area contributed by atoms with Gasteiger partial charge in [0.15, 0.2) is 5.13 Å². The summed E-state index contributed by atoms with van der Waals surface area (Å²) in [6.45, 7) is 0. The second-order valence-corrected chi connectivity index (χ2v) is 6.70. The molecule has 3 nitrogen and oxygen atoms in total. The molecule has 0 bridgehead atoms. The van der Waals surface area contributed by atoms with Crippen LogP contribution in [0.15, 0.2) is 11.6 Å². The molecule has 0 unspecified atom stereocenters. The fraction of sp³-hybridized carbons (Fsp3) is 0.667. The number of nitrogens with zero attached hydrogens (tertiary/aromatic N) is 1. The monoisotopic (exact) mass is 546 g/mol. The maximum Gasteiger partial charge on any atom is 0.460 e. The van der Waals surface area contributed by atoms with Crippen molar-refractivity contribution in [2.24, 2.45) is 0 Å². The number of anilines is 1. The molecule has 0 aliphatic rings. The first-order valence-corrected chi connectivity index (χ1v) is 8.05. The number of rotatable bonds is 8. The molecule has 0 atom stereocenters. The van der Waals surface area contributed by atoms with E-state index >= 15 is 0 Å². The molecule has 1 N–H and O–H groups in total. The Hall–Kier alpha value is -2.09. The molecule has 0 aliphatic heterocycles. The van der Waals surface area contributed by atoms with Gasteiger partial charge in [-0.2, -0.15) is 74.6 Å². The Bertz CT molecular complexity index is 860. The molecule has 0 spiro atoms. The van der Waals surface area contributed by atoms with Gasteiger partial charge in [-0.1, -0.05) is 0 Å². The quantitative estimate of drug-likeness (QED) is 0.402. The average molecular weight is 546 g/mol. The predicted molar refractivity (Wildman–Crippen MR) is 71.4 cm³/mol. The van der Waals surface area contributed by atoms with Crippen molar-refractivity contribution in [2.45, 2.75) is 47.6 Å². The lowest BCUT2D eigenvalue weighted by atomic mass is 9.89. The van der Waals surface area contributed by atoms with Crippen molar-refractivity contribution < 1.29 is 79.4 Å². The maximum absolute atomic E-state index is 13.6. The van der Waals surface area contributed by atoms with Crippen molar-refractivity contribution in [1.82, 2.24) is 4.98 Å². The predicted octanol–water partition coefficient (Wildman–Crippen LogP) is 6.09. The lowest BCUT2D eigenvalue weighted by Crippen LogP contribution is -2.75. The number of hydrogen-bond acceptors (Lipinski definition) is 3. The van der Waals surface area contributed by atoms with Crippen molar-refractivity contribution in [3.05, 3.63) is 11.6 Å². The molecule has 0 saturated carbocycles. The lowest BCUT2D eigenvalue weighted by molar-refractivity contribution is -0.459. The van der Waals surface area contributed by atoms with E-state index in [1.165, 1.54) is 0 Å². The average Bonchev–Trinajstić information content (AvgIpc) is 3.12. The minimum absolute atomic E-state index is 0.138. The Morgan fingerprint density at radius 3 is 1.33 bits per heavy atom. The SMILES string of the molecule is O=C(Nc1nccs1)C(F)(F)C(F)(F)C(F)(F)C(F)(F)C(F)(F)C(F)(F)C(F)(F)C(F)(F)F. The molecule has 1 amide bonds. The summed E-state index contributed by atoms with van der Waals surface area (Å²) in [4.78, 5) is 14.1. The van der Waals surface area contributed by atoms with Gasteiger partial charge in [0.1, 0.15) is 0 Å². The van der Waals surface area contributed by atoms with Crippen LogP contribution in [-0.4, -0.2) is 58.5 Å². The topological polar surface area (TPSA) is 42.0 Å². The lowest BCUT2D eigenvalue weighted by Gasteiger charge is -2.42. The summed E-state index contributed by atoms with van der Waals surface area (Å²) in [7, 11) is 0. The number of halogens is 17. The molecular weight excluding hydrogens is 543 g/mol. The highest BCUT2D eigenvalue weighted by molar-refractivity contribution is 7.13. The Labute approximate surface area is 172 Å². The summed E-state index contributed by atoms with van der Waals surface area (Å²) in [6, 6.07) is 0. The van der Waals surface area contributed by atoms with Crippen LogP contribution in [0.1, 0.15) is 0 Å². The van der Waals surface area contributed by atoms with Crippen molar-refractivity contribution in [1.29, 1.82) is 0 Å². The Balaban J connectivity index is 3.57. The fourth-order valence-corrected chi connectivity index (χ4v) is 2.29. The van der Waals surface area contributed by atoms with Crippen LogP contribution in [0, 0.1) is 0 Å². The Morgan fingerprint density at radius 1 is 0.636 bits per heavy atom. The molecule has 1 aromatic rings. The number of nitrogens with one attached hydrogen (secondary N) is 1. The molecule has 0 aromatic carbocycles. The minimum atomic E-state index is -8.74. The normalized spacial score (nSPS) is 15.5. The highest BCUT2D eigenvalue weighted by Gasteiger charge is 2.95. The van der Waals surface area contributed by atoms with E-state index in [0.717, 1.165) is 5.38 Å². The molecular formula is C12H3F17N2OS. The molecule has 1 rings (SSSR count). The number of alkyl halides is 17. The first kappa shape index (κ1) is 28.9. The van der Waals surface area contributed by atoms with Crippen molar-refractivity contribution in [3.63, 3.8) is 0 Å². The summed E-state index contributed by atoms with van der Waals surface area (Å²) < 4.78 is 222.